The topological polar surface area (TPSA) is 79.8 Å². The fourth-order valence-electron chi connectivity index (χ4n) is 2.86. The number of rotatable bonds is 5. The summed E-state index contributed by atoms with van der Waals surface area (Å²) < 4.78 is 0. The normalized spacial score (nSPS) is 10.6. The molecule has 0 aliphatic carbocycles. The van der Waals surface area contributed by atoms with E-state index in [1.807, 2.05) is 67.8 Å². The van der Waals surface area contributed by atoms with Crippen LogP contribution in [-0.2, 0) is 0 Å². The fourth-order valence-corrected chi connectivity index (χ4v) is 3.57. The molecule has 144 valence electrons. The Balaban J connectivity index is 1.42. The van der Waals surface area contributed by atoms with Crippen LogP contribution in [0.3, 0.4) is 0 Å². The molecule has 0 saturated heterocycles. The predicted octanol–water partition coefficient (Wildman–Crippen LogP) is 5.21. The summed E-state index contributed by atoms with van der Waals surface area (Å²) in [5.74, 6) is 0.337. The molecule has 0 aliphatic rings. The molecule has 0 spiro atoms. The Morgan fingerprint density at radius 3 is 2.28 bits per heavy atom. The summed E-state index contributed by atoms with van der Waals surface area (Å²) in [6.07, 6.45) is 0. The van der Waals surface area contributed by atoms with Crippen molar-refractivity contribution in [3.05, 3.63) is 83.0 Å². The lowest BCUT2D eigenvalue weighted by atomic mass is 10.2. The summed E-state index contributed by atoms with van der Waals surface area (Å²) in [6, 6.07) is 19.0. The maximum Gasteiger partial charge on any atom is 0.257 e. The Bertz CT molecular complexity index is 1120. The van der Waals surface area contributed by atoms with E-state index in [1.165, 1.54) is 11.3 Å². The number of hydrogen-bond acceptors (Lipinski definition) is 6. The maximum absolute atomic E-state index is 12.5. The lowest BCUT2D eigenvalue weighted by Gasteiger charge is -2.07. The van der Waals surface area contributed by atoms with Crippen molar-refractivity contribution < 1.29 is 4.79 Å². The number of carbonyl (C=O) groups excluding carboxylic acids is 1. The largest absolute Gasteiger partial charge is 0.324 e. The van der Waals surface area contributed by atoms with Crippen molar-refractivity contribution in [1.29, 1.82) is 0 Å². The number of nitrogens with zero attached hydrogens (tertiary/aromatic N) is 3. The van der Waals surface area contributed by atoms with Gasteiger partial charge in [-0.05, 0) is 44.2 Å². The molecular formula is C22H19N5OS. The van der Waals surface area contributed by atoms with E-state index in [2.05, 4.69) is 25.6 Å². The van der Waals surface area contributed by atoms with E-state index in [0.717, 1.165) is 28.3 Å². The van der Waals surface area contributed by atoms with E-state index in [9.17, 15) is 4.79 Å². The number of aromatic nitrogens is 3. The number of anilines is 3. The van der Waals surface area contributed by atoms with E-state index in [0.29, 0.717) is 16.6 Å². The maximum atomic E-state index is 12.5. The van der Waals surface area contributed by atoms with Crippen molar-refractivity contribution in [3.8, 4) is 11.3 Å². The van der Waals surface area contributed by atoms with Gasteiger partial charge in [0.1, 0.15) is 0 Å². The summed E-state index contributed by atoms with van der Waals surface area (Å²) in [7, 11) is 0. The highest BCUT2D eigenvalue weighted by Gasteiger charge is 2.10. The van der Waals surface area contributed by atoms with Gasteiger partial charge in [0.05, 0.1) is 5.69 Å². The van der Waals surface area contributed by atoms with Gasteiger partial charge in [0.25, 0.3) is 5.91 Å². The molecule has 0 atom stereocenters. The number of carbonyl (C=O) groups is 1. The third kappa shape index (κ3) is 4.64. The van der Waals surface area contributed by atoms with Gasteiger partial charge >= 0.3 is 0 Å². The Labute approximate surface area is 172 Å². The number of nitrogens with one attached hydrogen (secondary N) is 2. The number of amides is 1. The zero-order valence-electron chi connectivity index (χ0n) is 16.0. The molecule has 0 radical (unpaired) electrons. The molecule has 2 aromatic carbocycles. The van der Waals surface area contributed by atoms with E-state index >= 15 is 0 Å². The van der Waals surface area contributed by atoms with Gasteiger partial charge < -0.3 is 5.32 Å². The molecule has 2 aromatic heterocycles. The van der Waals surface area contributed by atoms with Crippen LogP contribution < -0.4 is 10.6 Å². The molecule has 0 fully saturated rings. The van der Waals surface area contributed by atoms with Gasteiger partial charge in [-0.25, -0.2) is 15.0 Å². The summed E-state index contributed by atoms with van der Waals surface area (Å²) >= 11 is 1.40. The summed E-state index contributed by atoms with van der Waals surface area (Å²) in [5.41, 5.74) is 5.02. The van der Waals surface area contributed by atoms with Gasteiger partial charge in [-0.15, -0.1) is 11.3 Å². The van der Waals surface area contributed by atoms with Gasteiger partial charge in [-0.2, -0.15) is 0 Å². The number of benzene rings is 2. The second-order valence-electron chi connectivity index (χ2n) is 6.53. The standard InChI is InChI=1S/C22H19N5OS/c1-14-12-15(2)24-21(23-14)25-18-10-8-17(9-11-18)20(28)27-22-26-19(13-29-22)16-6-4-3-5-7-16/h3-13H,1-2H3,(H,23,24,25)(H,26,27,28). The molecular weight excluding hydrogens is 382 g/mol. The lowest BCUT2D eigenvalue weighted by molar-refractivity contribution is 0.102. The molecule has 0 bridgehead atoms. The predicted molar refractivity (Wildman–Crippen MR) is 117 cm³/mol. The van der Waals surface area contributed by atoms with E-state index in [1.54, 1.807) is 12.1 Å². The van der Waals surface area contributed by atoms with E-state index < -0.39 is 0 Å². The first-order chi connectivity index (χ1) is 14.1. The summed E-state index contributed by atoms with van der Waals surface area (Å²) in [5, 5.41) is 8.52. The van der Waals surface area contributed by atoms with Crippen LogP contribution in [0.25, 0.3) is 11.3 Å². The van der Waals surface area contributed by atoms with Crippen molar-refractivity contribution in [2.24, 2.45) is 0 Å². The second-order valence-corrected chi connectivity index (χ2v) is 7.39. The molecule has 6 nitrogen and oxygen atoms in total. The molecule has 0 saturated carbocycles. The summed E-state index contributed by atoms with van der Waals surface area (Å²) in [6.45, 7) is 3.85. The van der Waals surface area contributed by atoms with Crippen LogP contribution in [0.1, 0.15) is 21.7 Å². The van der Waals surface area contributed by atoms with Gasteiger partial charge in [-0.1, -0.05) is 30.3 Å². The average Bonchev–Trinajstić information content (AvgIpc) is 3.17. The van der Waals surface area contributed by atoms with Crippen LogP contribution in [0.5, 0.6) is 0 Å². The van der Waals surface area contributed by atoms with Crippen LogP contribution >= 0.6 is 11.3 Å². The third-order valence-electron chi connectivity index (χ3n) is 4.18. The molecule has 4 rings (SSSR count). The summed E-state index contributed by atoms with van der Waals surface area (Å²) in [4.78, 5) is 25.7. The molecule has 29 heavy (non-hydrogen) atoms. The highest BCUT2D eigenvalue weighted by atomic mass is 32.1. The van der Waals surface area contributed by atoms with Crippen LogP contribution in [-0.4, -0.2) is 20.9 Å². The first-order valence-corrected chi connectivity index (χ1v) is 9.96. The molecule has 4 aromatic rings. The number of thiazole rings is 1. The van der Waals surface area contributed by atoms with Crippen molar-refractivity contribution in [3.63, 3.8) is 0 Å². The SMILES string of the molecule is Cc1cc(C)nc(Nc2ccc(C(=O)Nc3nc(-c4ccccc4)cs3)cc2)n1. The minimum atomic E-state index is -0.201. The second kappa shape index (κ2) is 8.20. The van der Waals surface area contributed by atoms with Gasteiger partial charge in [0.2, 0.25) is 5.95 Å². The molecule has 7 heteroatoms. The zero-order valence-corrected chi connectivity index (χ0v) is 16.8. The molecule has 0 unspecified atom stereocenters. The average molecular weight is 401 g/mol. The van der Waals surface area contributed by atoms with Crippen molar-refractivity contribution in [2.75, 3.05) is 10.6 Å². The minimum Gasteiger partial charge on any atom is -0.324 e. The van der Waals surface area contributed by atoms with Crippen LogP contribution in [0.2, 0.25) is 0 Å². The number of hydrogen-bond donors (Lipinski definition) is 2. The smallest absolute Gasteiger partial charge is 0.257 e. The highest BCUT2D eigenvalue weighted by molar-refractivity contribution is 7.14. The lowest BCUT2D eigenvalue weighted by Crippen LogP contribution is -2.11. The molecule has 0 aliphatic heterocycles. The molecule has 1 amide bonds. The first kappa shape index (κ1) is 18.8. The Hall–Kier alpha value is -3.58. The Morgan fingerprint density at radius 1 is 0.897 bits per heavy atom. The van der Waals surface area contributed by atoms with Crippen molar-refractivity contribution in [1.82, 2.24) is 15.0 Å². The highest BCUT2D eigenvalue weighted by Crippen LogP contribution is 2.25. The van der Waals surface area contributed by atoms with E-state index in [-0.39, 0.29) is 5.91 Å². The fraction of sp³-hybridized carbons (Fsp3) is 0.0909. The van der Waals surface area contributed by atoms with E-state index in [4.69, 9.17) is 0 Å². The van der Waals surface area contributed by atoms with Crippen LogP contribution in [0.15, 0.2) is 66.0 Å². The minimum absolute atomic E-state index is 0.201. The third-order valence-corrected chi connectivity index (χ3v) is 4.94. The zero-order chi connectivity index (χ0) is 20.2. The van der Waals surface area contributed by atoms with Gasteiger partial charge in [0.15, 0.2) is 5.13 Å². The quantitative estimate of drug-likeness (QED) is 0.480. The van der Waals surface area contributed by atoms with Gasteiger partial charge in [-0.3, -0.25) is 10.1 Å². The molecule has 2 N–H and O–H groups in total. The Morgan fingerprint density at radius 2 is 1.59 bits per heavy atom. The Kier molecular flexibility index (Phi) is 5.31. The monoisotopic (exact) mass is 401 g/mol. The van der Waals surface area contributed by atoms with Crippen molar-refractivity contribution in [2.45, 2.75) is 13.8 Å². The van der Waals surface area contributed by atoms with Crippen LogP contribution in [0, 0.1) is 13.8 Å². The first-order valence-electron chi connectivity index (χ1n) is 9.08. The van der Waals surface area contributed by atoms with Crippen LogP contribution in [0.4, 0.5) is 16.8 Å². The van der Waals surface area contributed by atoms with Crippen molar-refractivity contribution >= 4 is 34.0 Å². The van der Waals surface area contributed by atoms with Gasteiger partial charge in [0, 0.05) is 33.6 Å². The number of aryl methyl sites for hydroxylation is 2. The molecule has 2 heterocycles.